The Morgan fingerprint density at radius 3 is 2.45 bits per heavy atom. The van der Waals surface area contributed by atoms with Crippen LogP contribution in [0.3, 0.4) is 0 Å². The van der Waals surface area contributed by atoms with E-state index in [1.165, 1.54) is 0 Å². The van der Waals surface area contributed by atoms with Gasteiger partial charge in [-0.15, -0.1) is 0 Å². The number of aromatic nitrogens is 2. The zero-order valence-corrected chi connectivity index (χ0v) is 10.8. The van der Waals surface area contributed by atoms with Crippen molar-refractivity contribution in [1.29, 1.82) is 0 Å². The Morgan fingerprint density at radius 2 is 1.70 bits per heavy atom. The second-order valence-electron chi connectivity index (χ2n) is 5.18. The van der Waals surface area contributed by atoms with Crippen molar-refractivity contribution in [1.82, 2.24) is 9.97 Å². The number of anilines is 1. The zero-order valence-electron chi connectivity index (χ0n) is 10.8. The smallest absolute Gasteiger partial charge is 0.252 e. The highest BCUT2D eigenvalue weighted by Crippen LogP contribution is 2.33. The van der Waals surface area contributed by atoms with Crippen LogP contribution in [0.1, 0.15) is 33.7 Å². The van der Waals surface area contributed by atoms with Crippen molar-refractivity contribution in [3.63, 3.8) is 0 Å². The predicted octanol–water partition coefficient (Wildman–Crippen LogP) is 2.06. The van der Waals surface area contributed by atoms with Gasteiger partial charge in [-0.05, 0) is 12.8 Å². The molecule has 1 aliphatic carbocycles. The van der Waals surface area contributed by atoms with Gasteiger partial charge in [0.1, 0.15) is 11.4 Å². The molecular weight excluding hydrogens is 254 g/mol. The van der Waals surface area contributed by atoms with Gasteiger partial charge in [0.15, 0.2) is 0 Å². The number of fused-ring (bicyclic) bond motifs is 3. The summed E-state index contributed by atoms with van der Waals surface area (Å²) in [5.74, 6) is -0.244. The molecule has 5 nitrogen and oxygen atoms in total. The van der Waals surface area contributed by atoms with Crippen LogP contribution < -0.4 is 4.90 Å². The standard InChI is InChI=1S/C15H13N3O2/c19-13-10-6-2-1-5-9(10)11-12(14(13)20)17-15(16-11)18-7-3-4-8-18/h1-2,5-6H,3-4,7-8H2,(H,16,17). The summed E-state index contributed by atoms with van der Waals surface area (Å²) in [6, 6.07) is 7.15. The number of Topliss-reactive ketones (excluding diaryl/α,β-unsaturated/α-hetero) is 2. The van der Waals surface area contributed by atoms with E-state index in [1.807, 2.05) is 12.1 Å². The van der Waals surface area contributed by atoms with Gasteiger partial charge < -0.3 is 9.88 Å². The van der Waals surface area contributed by atoms with Crippen LogP contribution in [0, 0.1) is 0 Å². The summed E-state index contributed by atoms with van der Waals surface area (Å²) in [6.45, 7) is 1.88. The molecule has 5 heteroatoms. The number of ketones is 2. The minimum absolute atomic E-state index is 0.329. The molecule has 1 aromatic heterocycles. The highest BCUT2D eigenvalue weighted by molar-refractivity contribution is 6.52. The third-order valence-corrected chi connectivity index (χ3v) is 3.96. The Labute approximate surface area is 115 Å². The van der Waals surface area contributed by atoms with Gasteiger partial charge in [-0.2, -0.15) is 0 Å². The molecule has 0 unspecified atom stereocenters. The molecule has 0 atom stereocenters. The molecule has 0 radical (unpaired) electrons. The monoisotopic (exact) mass is 267 g/mol. The highest BCUT2D eigenvalue weighted by Gasteiger charge is 2.34. The lowest BCUT2D eigenvalue weighted by molar-refractivity contribution is 0.0812. The number of carbonyl (C=O) groups excluding carboxylic acids is 2. The van der Waals surface area contributed by atoms with Crippen LogP contribution in [0.5, 0.6) is 0 Å². The quantitative estimate of drug-likeness (QED) is 0.803. The van der Waals surface area contributed by atoms with Crippen LogP contribution >= 0.6 is 0 Å². The second kappa shape index (κ2) is 4.03. The molecule has 1 aromatic carbocycles. The van der Waals surface area contributed by atoms with Crippen molar-refractivity contribution in [3.05, 3.63) is 35.5 Å². The van der Waals surface area contributed by atoms with Crippen LogP contribution in [0.2, 0.25) is 0 Å². The number of benzene rings is 1. The molecule has 2 heterocycles. The van der Waals surface area contributed by atoms with E-state index in [1.54, 1.807) is 12.1 Å². The summed E-state index contributed by atoms with van der Waals surface area (Å²) < 4.78 is 0. The Balaban J connectivity index is 1.90. The van der Waals surface area contributed by atoms with Gasteiger partial charge in [-0.3, -0.25) is 9.59 Å². The highest BCUT2D eigenvalue weighted by atomic mass is 16.2. The number of hydrogen-bond donors (Lipinski definition) is 1. The lowest BCUT2D eigenvalue weighted by Crippen LogP contribution is -2.21. The van der Waals surface area contributed by atoms with E-state index in [0.717, 1.165) is 31.5 Å². The molecule has 1 saturated heterocycles. The van der Waals surface area contributed by atoms with E-state index in [4.69, 9.17) is 0 Å². The van der Waals surface area contributed by atoms with Gasteiger partial charge in [0.05, 0.1) is 0 Å². The maximum Gasteiger partial charge on any atom is 0.252 e. The van der Waals surface area contributed by atoms with Crippen molar-refractivity contribution >= 4 is 17.5 Å². The summed E-state index contributed by atoms with van der Waals surface area (Å²) in [7, 11) is 0. The molecule has 2 aliphatic rings. The predicted molar refractivity (Wildman–Crippen MR) is 74.1 cm³/mol. The van der Waals surface area contributed by atoms with Crippen LogP contribution in [-0.2, 0) is 0 Å². The maximum atomic E-state index is 12.2. The van der Waals surface area contributed by atoms with Crippen LogP contribution in [0.25, 0.3) is 11.3 Å². The average molecular weight is 267 g/mol. The molecule has 20 heavy (non-hydrogen) atoms. The van der Waals surface area contributed by atoms with Crippen LogP contribution in [0.4, 0.5) is 5.95 Å². The number of rotatable bonds is 1. The first-order chi connectivity index (χ1) is 9.75. The van der Waals surface area contributed by atoms with Crippen LogP contribution in [0.15, 0.2) is 24.3 Å². The molecule has 100 valence electrons. The molecule has 1 N–H and O–H groups in total. The fraction of sp³-hybridized carbons (Fsp3) is 0.267. The topological polar surface area (TPSA) is 66.1 Å². The Bertz CT molecular complexity index is 726. The van der Waals surface area contributed by atoms with Crippen molar-refractivity contribution < 1.29 is 9.59 Å². The molecule has 0 amide bonds. The average Bonchev–Trinajstić information content (AvgIpc) is 3.13. The van der Waals surface area contributed by atoms with Crippen molar-refractivity contribution in [2.24, 2.45) is 0 Å². The Hall–Kier alpha value is -2.43. The number of nitrogens with one attached hydrogen (secondary N) is 1. The number of nitrogens with zero attached hydrogens (tertiary/aromatic N) is 2. The lowest BCUT2D eigenvalue weighted by Gasteiger charge is -2.12. The number of hydrogen-bond acceptors (Lipinski definition) is 4. The SMILES string of the molecule is O=C1C(=O)c2[nH]c(N3CCCC3)nc2-c2ccccc21. The van der Waals surface area contributed by atoms with Gasteiger partial charge in [-0.1, -0.05) is 24.3 Å². The molecule has 1 aliphatic heterocycles. The van der Waals surface area contributed by atoms with E-state index >= 15 is 0 Å². The number of carbonyl (C=O) groups is 2. The summed E-state index contributed by atoms with van der Waals surface area (Å²) in [4.78, 5) is 34.0. The van der Waals surface area contributed by atoms with E-state index in [0.29, 0.717) is 22.9 Å². The fourth-order valence-electron chi connectivity index (χ4n) is 2.92. The first-order valence-electron chi connectivity index (χ1n) is 6.79. The summed E-state index contributed by atoms with van der Waals surface area (Å²) in [5.41, 5.74) is 2.13. The molecule has 0 bridgehead atoms. The van der Waals surface area contributed by atoms with E-state index in [2.05, 4.69) is 14.9 Å². The second-order valence-corrected chi connectivity index (χ2v) is 5.18. The van der Waals surface area contributed by atoms with E-state index < -0.39 is 11.6 Å². The van der Waals surface area contributed by atoms with E-state index in [9.17, 15) is 9.59 Å². The molecule has 1 fully saturated rings. The van der Waals surface area contributed by atoms with Crippen molar-refractivity contribution in [2.75, 3.05) is 18.0 Å². The molecule has 2 aromatic rings. The van der Waals surface area contributed by atoms with Gasteiger partial charge in [-0.25, -0.2) is 4.98 Å². The number of aromatic amines is 1. The minimum Gasteiger partial charge on any atom is -0.342 e. The third kappa shape index (κ3) is 1.46. The van der Waals surface area contributed by atoms with Crippen LogP contribution in [-0.4, -0.2) is 34.6 Å². The normalized spacial score (nSPS) is 17.3. The fourth-order valence-corrected chi connectivity index (χ4v) is 2.92. The number of H-pyrrole nitrogens is 1. The molecular formula is C15H13N3O2. The molecule has 0 spiro atoms. The van der Waals surface area contributed by atoms with Gasteiger partial charge in [0.25, 0.3) is 5.78 Å². The minimum atomic E-state index is -0.489. The zero-order chi connectivity index (χ0) is 13.7. The van der Waals surface area contributed by atoms with Crippen molar-refractivity contribution in [3.8, 4) is 11.3 Å². The van der Waals surface area contributed by atoms with Gasteiger partial charge in [0.2, 0.25) is 11.7 Å². The van der Waals surface area contributed by atoms with Crippen molar-refractivity contribution in [2.45, 2.75) is 12.8 Å². The first-order valence-corrected chi connectivity index (χ1v) is 6.79. The number of imidazole rings is 1. The van der Waals surface area contributed by atoms with Gasteiger partial charge in [0, 0.05) is 24.2 Å². The molecule has 0 saturated carbocycles. The summed E-state index contributed by atoms with van der Waals surface area (Å²) >= 11 is 0. The Kier molecular flexibility index (Phi) is 2.30. The third-order valence-electron chi connectivity index (χ3n) is 3.96. The maximum absolute atomic E-state index is 12.2. The first kappa shape index (κ1) is 11.4. The summed E-state index contributed by atoms with van der Waals surface area (Å²) in [5, 5.41) is 0. The Morgan fingerprint density at radius 1 is 1.00 bits per heavy atom. The van der Waals surface area contributed by atoms with E-state index in [-0.39, 0.29) is 0 Å². The lowest BCUT2D eigenvalue weighted by atomic mass is 9.90. The van der Waals surface area contributed by atoms with Gasteiger partial charge >= 0.3 is 0 Å². The molecule has 4 rings (SSSR count). The largest absolute Gasteiger partial charge is 0.342 e. The summed E-state index contributed by atoms with van der Waals surface area (Å²) in [6.07, 6.45) is 2.27.